The Morgan fingerprint density at radius 2 is 2.17 bits per heavy atom. The van der Waals surface area contributed by atoms with Gasteiger partial charge in [-0.15, -0.1) is 10.2 Å². The van der Waals surface area contributed by atoms with Gasteiger partial charge in [-0.25, -0.2) is 8.42 Å². The minimum Gasteiger partial charge on any atom is -0.398 e. The zero-order valence-electron chi connectivity index (χ0n) is 8.59. The van der Waals surface area contributed by atoms with Crippen LogP contribution in [0.5, 0.6) is 0 Å². The van der Waals surface area contributed by atoms with Crippen molar-refractivity contribution in [2.24, 2.45) is 0 Å². The molecule has 0 aliphatic rings. The number of benzene rings is 1. The van der Waals surface area contributed by atoms with Crippen LogP contribution in [0.25, 0.3) is 0 Å². The van der Waals surface area contributed by atoms with Crippen LogP contribution >= 0.6 is 38.9 Å². The van der Waals surface area contributed by atoms with Gasteiger partial charge in [-0.05, 0) is 28.1 Å². The van der Waals surface area contributed by atoms with Gasteiger partial charge in [0.1, 0.15) is 10.4 Å². The Morgan fingerprint density at radius 3 is 2.78 bits per heavy atom. The molecule has 0 saturated heterocycles. The zero-order chi connectivity index (χ0) is 13.3. The minimum atomic E-state index is -3.81. The van der Waals surface area contributed by atoms with E-state index in [2.05, 4.69) is 30.8 Å². The molecule has 10 heteroatoms. The van der Waals surface area contributed by atoms with Gasteiger partial charge >= 0.3 is 0 Å². The number of aromatic nitrogens is 2. The van der Waals surface area contributed by atoms with Crippen molar-refractivity contribution in [2.75, 3.05) is 10.5 Å². The van der Waals surface area contributed by atoms with Gasteiger partial charge in [0, 0.05) is 10.7 Å². The van der Waals surface area contributed by atoms with Crippen molar-refractivity contribution in [1.29, 1.82) is 0 Å². The van der Waals surface area contributed by atoms with E-state index in [0.29, 0.717) is 0 Å². The fraction of sp³-hybridized carbons (Fsp3) is 0. The molecule has 2 aromatic rings. The van der Waals surface area contributed by atoms with Crippen LogP contribution in [0.4, 0.5) is 10.8 Å². The van der Waals surface area contributed by atoms with Crippen molar-refractivity contribution in [3.63, 3.8) is 0 Å². The molecule has 6 nitrogen and oxygen atoms in total. The molecule has 96 valence electrons. The fourth-order valence-electron chi connectivity index (χ4n) is 1.17. The second-order valence-corrected chi connectivity index (χ2v) is 6.87. The Morgan fingerprint density at radius 1 is 1.44 bits per heavy atom. The van der Waals surface area contributed by atoms with E-state index in [1.165, 1.54) is 17.6 Å². The normalized spacial score (nSPS) is 11.4. The minimum absolute atomic E-state index is 0.0531. The van der Waals surface area contributed by atoms with E-state index >= 15 is 0 Å². The number of nitrogens with two attached hydrogens (primary N) is 1. The number of sulfonamides is 1. The van der Waals surface area contributed by atoms with Crippen LogP contribution in [0.1, 0.15) is 0 Å². The predicted molar refractivity (Wildman–Crippen MR) is 74.3 cm³/mol. The zero-order valence-corrected chi connectivity index (χ0v) is 12.6. The largest absolute Gasteiger partial charge is 0.398 e. The predicted octanol–water partition coefficient (Wildman–Crippen LogP) is 2.34. The lowest BCUT2D eigenvalue weighted by atomic mass is 10.3. The summed E-state index contributed by atoms with van der Waals surface area (Å²) in [6.45, 7) is 0. The third kappa shape index (κ3) is 2.74. The molecule has 1 heterocycles. The fourth-order valence-corrected chi connectivity index (χ4v) is 4.15. The lowest BCUT2D eigenvalue weighted by Crippen LogP contribution is -2.14. The van der Waals surface area contributed by atoms with Crippen LogP contribution in [-0.4, -0.2) is 18.6 Å². The Balaban J connectivity index is 2.48. The van der Waals surface area contributed by atoms with Gasteiger partial charge < -0.3 is 5.73 Å². The summed E-state index contributed by atoms with van der Waals surface area (Å²) in [7, 11) is -3.81. The summed E-state index contributed by atoms with van der Waals surface area (Å²) in [6, 6.07) is 2.75. The second kappa shape index (κ2) is 5.00. The van der Waals surface area contributed by atoms with Gasteiger partial charge in [-0.3, -0.25) is 4.72 Å². The van der Waals surface area contributed by atoms with Crippen molar-refractivity contribution in [3.05, 3.63) is 27.1 Å². The Bertz CT molecular complexity index is 675. The number of anilines is 2. The molecule has 18 heavy (non-hydrogen) atoms. The maximum atomic E-state index is 12.1. The Hall–Kier alpha value is -0.900. The molecule has 0 saturated carbocycles. The van der Waals surface area contributed by atoms with E-state index < -0.39 is 10.0 Å². The maximum Gasteiger partial charge on any atom is 0.264 e. The Labute approximate surface area is 120 Å². The van der Waals surface area contributed by atoms with Crippen molar-refractivity contribution in [3.8, 4) is 0 Å². The third-order valence-electron chi connectivity index (χ3n) is 1.90. The first kappa shape index (κ1) is 13.5. The van der Waals surface area contributed by atoms with Gasteiger partial charge in [0.15, 0.2) is 0 Å². The molecule has 0 radical (unpaired) electrons. The Kier molecular flexibility index (Phi) is 3.76. The van der Waals surface area contributed by atoms with Gasteiger partial charge in [0.05, 0.1) is 4.47 Å². The molecule has 1 aromatic carbocycles. The van der Waals surface area contributed by atoms with Crippen LogP contribution in [0.2, 0.25) is 5.02 Å². The van der Waals surface area contributed by atoms with Crippen molar-refractivity contribution >= 4 is 59.7 Å². The molecule has 0 atom stereocenters. The highest BCUT2D eigenvalue weighted by Crippen LogP contribution is 2.32. The molecular weight excluding hydrogens is 364 g/mol. The highest BCUT2D eigenvalue weighted by atomic mass is 79.9. The summed E-state index contributed by atoms with van der Waals surface area (Å²) in [6.07, 6.45) is 0. The third-order valence-corrected chi connectivity index (χ3v) is 5.37. The van der Waals surface area contributed by atoms with Crippen LogP contribution in [0, 0.1) is 0 Å². The van der Waals surface area contributed by atoms with Gasteiger partial charge in [0.25, 0.3) is 10.0 Å². The van der Waals surface area contributed by atoms with Crippen LogP contribution in [-0.2, 0) is 10.0 Å². The standard InChI is InChI=1S/C8H6BrClN4O2S2/c9-7-5(11)1-4(10)2-6(7)18(15,16)14-8-13-12-3-17-8/h1-3H,11H2,(H,13,14). The topological polar surface area (TPSA) is 98.0 Å². The number of hydrogen-bond acceptors (Lipinski definition) is 6. The van der Waals surface area contributed by atoms with E-state index in [1.54, 1.807) is 0 Å². The molecule has 0 spiro atoms. The van der Waals surface area contributed by atoms with Gasteiger partial charge in [-0.1, -0.05) is 22.9 Å². The molecular formula is C8H6BrClN4O2S2. The first-order chi connectivity index (χ1) is 8.40. The van der Waals surface area contributed by atoms with Gasteiger partial charge in [0.2, 0.25) is 5.13 Å². The average molecular weight is 370 g/mol. The summed E-state index contributed by atoms with van der Waals surface area (Å²) in [5.41, 5.74) is 7.29. The molecule has 0 aliphatic heterocycles. The molecule has 0 bridgehead atoms. The molecule has 0 aliphatic carbocycles. The summed E-state index contributed by atoms with van der Waals surface area (Å²) in [4.78, 5) is -0.0531. The van der Waals surface area contributed by atoms with Crippen LogP contribution in [0.15, 0.2) is 27.0 Å². The van der Waals surface area contributed by atoms with Crippen molar-refractivity contribution in [1.82, 2.24) is 10.2 Å². The van der Waals surface area contributed by atoms with E-state index in [4.69, 9.17) is 17.3 Å². The van der Waals surface area contributed by atoms with Crippen molar-refractivity contribution < 1.29 is 8.42 Å². The average Bonchev–Trinajstić information content (AvgIpc) is 2.75. The first-order valence-electron chi connectivity index (χ1n) is 4.43. The summed E-state index contributed by atoms with van der Waals surface area (Å²) >= 11 is 9.98. The second-order valence-electron chi connectivity index (χ2n) is 3.16. The first-order valence-corrected chi connectivity index (χ1v) is 7.97. The number of nitrogens with one attached hydrogen (secondary N) is 1. The van der Waals surface area contributed by atoms with Gasteiger partial charge in [-0.2, -0.15) is 0 Å². The van der Waals surface area contributed by atoms with Crippen molar-refractivity contribution in [2.45, 2.75) is 4.90 Å². The molecule has 0 amide bonds. The molecule has 3 N–H and O–H groups in total. The van der Waals surface area contributed by atoms with Crippen LogP contribution in [0.3, 0.4) is 0 Å². The summed E-state index contributed by atoms with van der Waals surface area (Å²) in [5.74, 6) is 0. The number of halogens is 2. The van der Waals surface area contributed by atoms with E-state index in [1.807, 2.05) is 0 Å². The van der Waals surface area contributed by atoms with Crippen LogP contribution < -0.4 is 10.5 Å². The quantitative estimate of drug-likeness (QED) is 0.809. The summed E-state index contributed by atoms with van der Waals surface area (Å²) < 4.78 is 26.8. The molecule has 0 unspecified atom stereocenters. The maximum absolute atomic E-state index is 12.1. The van der Waals surface area contributed by atoms with E-state index in [9.17, 15) is 8.42 Å². The molecule has 1 aromatic heterocycles. The number of hydrogen-bond donors (Lipinski definition) is 2. The lowest BCUT2D eigenvalue weighted by Gasteiger charge is -2.09. The number of rotatable bonds is 3. The molecule has 0 fully saturated rings. The van der Waals surface area contributed by atoms with E-state index in [-0.39, 0.29) is 25.2 Å². The number of nitrogen functional groups attached to an aromatic ring is 1. The lowest BCUT2D eigenvalue weighted by molar-refractivity contribution is 0.600. The number of nitrogens with zero attached hydrogens (tertiary/aromatic N) is 2. The molecule has 2 rings (SSSR count). The SMILES string of the molecule is Nc1cc(Cl)cc(S(=O)(=O)Nc2nncs2)c1Br. The van der Waals surface area contributed by atoms with E-state index in [0.717, 1.165) is 11.3 Å². The highest BCUT2D eigenvalue weighted by Gasteiger charge is 2.21. The monoisotopic (exact) mass is 368 g/mol. The summed E-state index contributed by atoms with van der Waals surface area (Å²) in [5, 5.41) is 7.53. The highest BCUT2D eigenvalue weighted by molar-refractivity contribution is 9.10. The smallest absolute Gasteiger partial charge is 0.264 e.